The Balaban J connectivity index is 2.70. The van der Waals surface area contributed by atoms with Crippen molar-refractivity contribution in [2.45, 2.75) is 19.8 Å². The molecule has 0 aromatic heterocycles. The van der Waals surface area contributed by atoms with Crippen LogP contribution in [0.15, 0.2) is 32.5 Å². The smallest absolute Gasteiger partial charge is 0.340 e. The summed E-state index contributed by atoms with van der Waals surface area (Å²) in [6, 6.07) is 5.32. The zero-order valence-corrected chi connectivity index (χ0v) is 17.2. The molecule has 2 N–H and O–H groups in total. The quantitative estimate of drug-likeness (QED) is 0.635. The summed E-state index contributed by atoms with van der Waals surface area (Å²) in [5.41, 5.74) is 6.32. The van der Waals surface area contributed by atoms with Crippen LogP contribution < -0.4 is 10.5 Å². The molecule has 0 radical (unpaired) electrons. The van der Waals surface area contributed by atoms with Gasteiger partial charge >= 0.3 is 11.9 Å². The van der Waals surface area contributed by atoms with Crippen molar-refractivity contribution in [2.24, 2.45) is 11.7 Å². The lowest BCUT2D eigenvalue weighted by Gasteiger charge is -2.30. The van der Waals surface area contributed by atoms with Crippen molar-refractivity contribution in [3.63, 3.8) is 0 Å². The van der Waals surface area contributed by atoms with Gasteiger partial charge in [0, 0.05) is 10.0 Å². The zero-order chi connectivity index (χ0) is 19.4. The molecule has 2 atom stereocenters. The molecule has 0 unspecified atom stereocenters. The van der Waals surface area contributed by atoms with Crippen molar-refractivity contribution in [1.82, 2.24) is 0 Å². The van der Waals surface area contributed by atoms with Crippen molar-refractivity contribution in [1.29, 1.82) is 5.26 Å². The monoisotopic (exact) mass is 486 g/mol. The maximum absolute atomic E-state index is 12.5. The minimum absolute atomic E-state index is 0.0797. The van der Waals surface area contributed by atoms with E-state index in [-0.39, 0.29) is 24.7 Å². The minimum atomic E-state index is -1.29. The Morgan fingerprint density at radius 3 is 2.54 bits per heavy atom. The highest BCUT2D eigenvalue weighted by molar-refractivity contribution is 9.11. The van der Waals surface area contributed by atoms with Gasteiger partial charge in [0.1, 0.15) is 11.3 Å². The van der Waals surface area contributed by atoms with Gasteiger partial charge < -0.3 is 19.9 Å². The SMILES string of the molecule is CCOC(=O)C1=C(N)Oc2c(Br)cc(Br)cc2[C@@H]1[C@H](C#N)C(=O)OCC. The second kappa shape index (κ2) is 8.56. The van der Waals surface area contributed by atoms with Crippen LogP contribution in [0.4, 0.5) is 0 Å². The van der Waals surface area contributed by atoms with E-state index in [1.807, 2.05) is 6.07 Å². The largest absolute Gasteiger partial charge is 0.465 e. The van der Waals surface area contributed by atoms with Crippen LogP contribution >= 0.6 is 31.9 Å². The standard InChI is InChI=1S/C17H16Br2N2O5/c1-3-24-16(22)10(7-20)12-9-5-8(18)6-11(19)14(9)26-15(21)13(12)17(23)25-4-2/h5-6,10,12H,3-4,21H2,1-2H3/t10-,12+/m0/s1. The summed E-state index contributed by atoms with van der Waals surface area (Å²) < 4.78 is 16.9. The first-order chi connectivity index (χ1) is 12.3. The minimum Gasteiger partial charge on any atom is -0.465 e. The molecule has 0 saturated carbocycles. The molecule has 0 aliphatic carbocycles. The van der Waals surface area contributed by atoms with Crippen LogP contribution in [-0.4, -0.2) is 25.2 Å². The van der Waals surface area contributed by atoms with Gasteiger partial charge in [0.25, 0.3) is 0 Å². The lowest BCUT2D eigenvalue weighted by molar-refractivity contribution is -0.146. The summed E-state index contributed by atoms with van der Waals surface area (Å²) in [6.45, 7) is 3.48. The lowest BCUT2D eigenvalue weighted by atomic mass is 9.79. The summed E-state index contributed by atoms with van der Waals surface area (Å²) in [5.74, 6) is -3.67. The Morgan fingerprint density at radius 1 is 1.31 bits per heavy atom. The number of fused-ring (bicyclic) bond motifs is 1. The summed E-state index contributed by atoms with van der Waals surface area (Å²) >= 11 is 6.73. The summed E-state index contributed by atoms with van der Waals surface area (Å²) in [4.78, 5) is 24.8. The Morgan fingerprint density at radius 2 is 1.96 bits per heavy atom. The number of nitrogens with two attached hydrogens (primary N) is 1. The first kappa shape index (κ1) is 20.3. The molecule has 1 aliphatic rings. The number of carbonyl (C=O) groups excluding carboxylic acids is 2. The predicted octanol–water partition coefficient (Wildman–Crippen LogP) is 3.12. The van der Waals surface area contributed by atoms with Crippen LogP contribution in [0, 0.1) is 17.2 Å². The molecule has 1 heterocycles. The molecule has 0 bridgehead atoms. The molecule has 9 heteroatoms. The van der Waals surface area contributed by atoms with Crippen molar-refractivity contribution < 1.29 is 23.8 Å². The maximum atomic E-state index is 12.5. The van der Waals surface area contributed by atoms with Crippen molar-refractivity contribution >= 4 is 43.8 Å². The molecule has 7 nitrogen and oxygen atoms in total. The third kappa shape index (κ3) is 3.86. The molecule has 26 heavy (non-hydrogen) atoms. The molecular weight excluding hydrogens is 472 g/mol. The van der Waals surface area contributed by atoms with Crippen LogP contribution in [0.1, 0.15) is 25.3 Å². The first-order valence-electron chi connectivity index (χ1n) is 7.75. The number of benzene rings is 1. The molecule has 1 aromatic carbocycles. The second-order valence-electron chi connectivity index (χ2n) is 5.24. The van der Waals surface area contributed by atoms with Crippen molar-refractivity contribution in [2.75, 3.05) is 13.2 Å². The molecular formula is C17H16Br2N2O5. The number of hydrogen-bond acceptors (Lipinski definition) is 7. The Bertz CT molecular complexity index is 816. The number of carbonyl (C=O) groups is 2. The molecule has 1 aliphatic heterocycles. The van der Waals surface area contributed by atoms with E-state index in [0.717, 1.165) is 0 Å². The first-order valence-corrected chi connectivity index (χ1v) is 9.34. The Kier molecular flexibility index (Phi) is 6.67. The molecule has 0 saturated heterocycles. The van der Waals surface area contributed by atoms with Gasteiger partial charge in [-0.05, 0) is 41.9 Å². The van der Waals surface area contributed by atoms with Gasteiger partial charge in [-0.3, -0.25) is 4.79 Å². The average Bonchev–Trinajstić information content (AvgIpc) is 2.56. The molecule has 1 aromatic rings. The van der Waals surface area contributed by atoms with Gasteiger partial charge in [0.15, 0.2) is 5.92 Å². The van der Waals surface area contributed by atoms with E-state index >= 15 is 0 Å². The Labute approximate surface area is 167 Å². The van der Waals surface area contributed by atoms with E-state index < -0.39 is 23.8 Å². The number of ether oxygens (including phenoxy) is 3. The van der Waals surface area contributed by atoms with Crippen LogP contribution in [0.5, 0.6) is 5.75 Å². The molecule has 0 fully saturated rings. The van der Waals surface area contributed by atoms with E-state index in [1.165, 1.54) is 0 Å². The van der Waals surface area contributed by atoms with Gasteiger partial charge in [-0.2, -0.15) is 5.26 Å². The fraction of sp³-hybridized carbons (Fsp3) is 0.353. The van der Waals surface area contributed by atoms with E-state index in [9.17, 15) is 14.9 Å². The highest BCUT2D eigenvalue weighted by Gasteiger charge is 2.44. The highest BCUT2D eigenvalue weighted by Crippen LogP contribution is 2.47. The zero-order valence-electron chi connectivity index (χ0n) is 14.0. The average molecular weight is 488 g/mol. The fourth-order valence-electron chi connectivity index (χ4n) is 2.67. The van der Waals surface area contributed by atoms with Gasteiger partial charge in [0.05, 0.1) is 29.7 Å². The molecule has 2 rings (SSSR count). The number of hydrogen-bond donors (Lipinski definition) is 1. The van der Waals surface area contributed by atoms with E-state index in [2.05, 4.69) is 31.9 Å². The third-order valence-corrected chi connectivity index (χ3v) is 4.72. The maximum Gasteiger partial charge on any atom is 0.340 e. The topological polar surface area (TPSA) is 112 Å². The summed E-state index contributed by atoms with van der Waals surface area (Å²) in [6.07, 6.45) is 0. The van der Waals surface area contributed by atoms with E-state index in [1.54, 1.807) is 26.0 Å². The van der Waals surface area contributed by atoms with Crippen molar-refractivity contribution in [3.05, 3.63) is 38.1 Å². The van der Waals surface area contributed by atoms with Gasteiger partial charge in [-0.25, -0.2) is 4.79 Å². The Hall–Kier alpha value is -2.05. The van der Waals surface area contributed by atoms with Crippen LogP contribution in [-0.2, 0) is 19.1 Å². The highest BCUT2D eigenvalue weighted by atomic mass is 79.9. The number of halogens is 2. The summed E-state index contributed by atoms with van der Waals surface area (Å²) in [5, 5.41) is 9.62. The van der Waals surface area contributed by atoms with Crippen LogP contribution in [0.25, 0.3) is 0 Å². The lowest BCUT2D eigenvalue weighted by Crippen LogP contribution is -2.34. The van der Waals surface area contributed by atoms with E-state index in [0.29, 0.717) is 20.3 Å². The number of nitrogens with zero attached hydrogens (tertiary/aromatic N) is 1. The fourth-order valence-corrected chi connectivity index (χ4v) is 4.01. The van der Waals surface area contributed by atoms with E-state index in [4.69, 9.17) is 19.9 Å². The van der Waals surface area contributed by atoms with Gasteiger partial charge in [-0.1, -0.05) is 15.9 Å². The van der Waals surface area contributed by atoms with Crippen LogP contribution in [0.3, 0.4) is 0 Å². The summed E-state index contributed by atoms with van der Waals surface area (Å²) in [7, 11) is 0. The van der Waals surface area contributed by atoms with Crippen LogP contribution in [0.2, 0.25) is 0 Å². The molecule has 0 amide bonds. The predicted molar refractivity (Wildman–Crippen MR) is 98.8 cm³/mol. The number of esters is 2. The van der Waals surface area contributed by atoms with Gasteiger partial charge in [0.2, 0.25) is 5.88 Å². The normalized spacial score (nSPS) is 16.8. The third-order valence-electron chi connectivity index (χ3n) is 3.67. The van der Waals surface area contributed by atoms with Crippen molar-refractivity contribution in [3.8, 4) is 11.8 Å². The second-order valence-corrected chi connectivity index (χ2v) is 7.01. The molecule has 0 spiro atoms. The molecule has 138 valence electrons. The number of nitriles is 1. The number of rotatable bonds is 5. The van der Waals surface area contributed by atoms with Gasteiger partial charge in [-0.15, -0.1) is 0 Å².